The zero-order valence-corrected chi connectivity index (χ0v) is 13.1. The number of hydrogen-bond acceptors (Lipinski definition) is 3. The highest BCUT2D eigenvalue weighted by Gasteiger charge is 2.10. The molecule has 0 aliphatic heterocycles. The zero-order chi connectivity index (χ0) is 15.1. The van der Waals surface area contributed by atoms with Crippen molar-refractivity contribution in [2.24, 2.45) is 0 Å². The number of carbonyl (C=O) groups is 2. The summed E-state index contributed by atoms with van der Waals surface area (Å²) in [6.07, 6.45) is 6.16. The molecule has 22 heavy (non-hydrogen) atoms. The van der Waals surface area contributed by atoms with E-state index in [1.54, 1.807) is 36.8 Å². The van der Waals surface area contributed by atoms with Gasteiger partial charge in [0.05, 0.1) is 17.6 Å². The minimum absolute atomic E-state index is 0. The third kappa shape index (κ3) is 5.21. The van der Waals surface area contributed by atoms with E-state index in [9.17, 15) is 9.59 Å². The highest BCUT2D eigenvalue weighted by molar-refractivity contribution is 6.03. The molecule has 2 N–H and O–H groups in total. The van der Waals surface area contributed by atoms with Gasteiger partial charge in [0.15, 0.2) is 0 Å². The Bertz CT molecular complexity index is 614. The summed E-state index contributed by atoms with van der Waals surface area (Å²) in [6.45, 7) is 2.78. The average Bonchev–Trinajstić information content (AvgIpc) is 2.96. The molecule has 0 radical (unpaired) electrons. The minimum Gasteiger partial charge on any atom is -0.352 e. The number of nitrogens with zero attached hydrogens (tertiary/aromatic N) is 2. The van der Waals surface area contributed by atoms with E-state index in [0.717, 1.165) is 13.0 Å². The van der Waals surface area contributed by atoms with Crippen molar-refractivity contribution < 1.29 is 9.59 Å². The van der Waals surface area contributed by atoms with Crippen LogP contribution in [-0.4, -0.2) is 27.9 Å². The lowest BCUT2D eigenvalue weighted by molar-refractivity contribution is -0.114. The number of anilines is 1. The fraction of sp³-hybridized carbons (Fsp3) is 0.267. The number of para-hydroxylation sites is 1. The number of hydrogen-bond donors (Lipinski definition) is 2. The molecule has 0 saturated heterocycles. The monoisotopic (exact) mass is 322 g/mol. The fourth-order valence-electron chi connectivity index (χ4n) is 1.96. The van der Waals surface area contributed by atoms with Gasteiger partial charge in [-0.05, 0) is 18.6 Å². The van der Waals surface area contributed by atoms with Crippen molar-refractivity contribution in [1.29, 1.82) is 0 Å². The number of amides is 2. The lowest BCUT2D eigenvalue weighted by atomic mass is 10.1. The molecule has 2 amide bonds. The lowest BCUT2D eigenvalue weighted by Gasteiger charge is -2.10. The third-order valence-electron chi connectivity index (χ3n) is 2.92. The number of aryl methyl sites for hydroxylation is 1. The van der Waals surface area contributed by atoms with Gasteiger partial charge in [-0.25, -0.2) is 4.98 Å². The van der Waals surface area contributed by atoms with Crippen molar-refractivity contribution in [2.75, 3.05) is 11.9 Å². The molecule has 0 spiro atoms. The summed E-state index contributed by atoms with van der Waals surface area (Å²) in [4.78, 5) is 27.2. The van der Waals surface area contributed by atoms with Gasteiger partial charge < -0.3 is 15.2 Å². The highest BCUT2D eigenvalue weighted by Crippen LogP contribution is 2.14. The normalized spacial score (nSPS) is 9.68. The van der Waals surface area contributed by atoms with Crippen molar-refractivity contribution in [2.45, 2.75) is 19.9 Å². The summed E-state index contributed by atoms with van der Waals surface area (Å²) in [5, 5.41) is 5.51. The van der Waals surface area contributed by atoms with Gasteiger partial charge in [-0.15, -0.1) is 12.4 Å². The molecule has 2 rings (SSSR count). The predicted molar refractivity (Wildman–Crippen MR) is 87.2 cm³/mol. The molecule has 1 aromatic heterocycles. The first kappa shape index (κ1) is 17.7. The van der Waals surface area contributed by atoms with Crippen molar-refractivity contribution in [3.63, 3.8) is 0 Å². The molecule has 2 aromatic rings. The van der Waals surface area contributed by atoms with Gasteiger partial charge in [-0.2, -0.15) is 0 Å². The molecular formula is C15H19ClN4O2. The second kappa shape index (κ2) is 8.84. The van der Waals surface area contributed by atoms with Crippen LogP contribution in [0.15, 0.2) is 43.0 Å². The Morgan fingerprint density at radius 3 is 2.73 bits per heavy atom. The SMILES string of the molecule is CC(=O)Nc1ccccc1C(=O)NCCCn1ccnc1.Cl. The van der Waals surface area contributed by atoms with E-state index in [2.05, 4.69) is 15.6 Å². The molecule has 0 atom stereocenters. The van der Waals surface area contributed by atoms with Crippen molar-refractivity contribution >= 4 is 29.9 Å². The Hall–Kier alpha value is -2.34. The number of benzene rings is 1. The van der Waals surface area contributed by atoms with Crippen molar-refractivity contribution in [3.05, 3.63) is 48.5 Å². The van der Waals surface area contributed by atoms with E-state index in [1.807, 2.05) is 10.8 Å². The van der Waals surface area contributed by atoms with Crippen LogP contribution in [0.3, 0.4) is 0 Å². The number of halogens is 1. The molecule has 0 saturated carbocycles. The highest BCUT2D eigenvalue weighted by atomic mass is 35.5. The Kier molecular flexibility index (Phi) is 7.12. The van der Waals surface area contributed by atoms with Crippen LogP contribution in [0.1, 0.15) is 23.7 Å². The number of aromatic nitrogens is 2. The molecule has 0 aliphatic carbocycles. The van der Waals surface area contributed by atoms with Gasteiger partial charge in [0.1, 0.15) is 0 Å². The van der Waals surface area contributed by atoms with E-state index < -0.39 is 0 Å². The number of imidazole rings is 1. The minimum atomic E-state index is -0.199. The van der Waals surface area contributed by atoms with Gasteiger partial charge in [0, 0.05) is 32.4 Å². The molecule has 0 bridgehead atoms. The second-order valence-electron chi connectivity index (χ2n) is 4.64. The third-order valence-corrected chi connectivity index (χ3v) is 2.92. The zero-order valence-electron chi connectivity index (χ0n) is 12.3. The topological polar surface area (TPSA) is 76.0 Å². The van der Waals surface area contributed by atoms with E-state index in [0.29, 0.717) is 17.8 Å². The van der Waals surface area contributed by atoms with Crippen molar-refractivity contribution in [1.82, 2.24) is 14.9 Å². The van der Waals surface area contributed by atoms with Gasteiger partial charge in [-0.3, -0.25) is 9.59 Å². The number of rotatable bonds is 6. The first-order valence-electron chi connectivity index (χ1n) is 6.77. The molecule has 1 heterocycles. The van der Waals surface area contributed by atoms with Crippen molar-refractivity contribution in [3.8, 4) is 0 Å². The molecule has 6 nitrogen and oxygen atoms in total. The Balaban J connectivity index is 0.00000242. The van der Waals surface area contributed by atoms with E-state index in [4.69, 9.17) is 0 Å². The Morgan fingerprint density at radius 2 is 2.05 bits per heavy atom. The van der Waals surface area contributed by atoms with Crippen LogP contribution in [0.25, 0.3) is 0 Å². The van der Waals surface area contributed by atoms with Gasteiger partial charge in [-0.1, -0.05) is 12.1 Å². The molecule has 1 aromatic carbocycles. The first-order chi connectivity index (χ1) is 10.2. The molecule has 7 heteroatoms. The van der Waals surface area contributed by atoms with Crippen LogP contribution in [0, 0.1) is 0 Å². The van der Waals surface area contributed by atoms with Gasteiger partial charge in [0.2, 0.25) is 5.91 Å². The molecule has 0 fully saturated rings. The van der Waals surface area contributed by atoms with E-state index in [-0.39, 0.29) is 24.2 Å². The van der Waals surface area contributed by atoms with Crippen LogP contribution < -0.4 is 10.6 Å². The first-order valence-corrected chi connectivity index (χ1v) is 6.77. The maximum absolute atomic E-state index is 12.1. The molecule has 0 aliphatic rings. The summed E-state index contributed by atoms with van der Waals surface area (Å²) in [6, 6.07) is 6.95. The summed E-state index contributed by atoms with van der Waals surface area (Å²) in [5.74, 6) is -0.389. The average molecular weight is 323 g/mol. The van der Waals surface area contributed by atoms with Gasteiger partial charge >= 0.3 is 0 Å². The van der Waals surface area contributed by atoms with Crippen LogP contribution in [0.5, 0.6) is 0 Å². The number of carbonyl (C=O) groups excluding carboxylic acids is 2. The van der Waals surface area contributed by atoms with Gasteiger partial charge in [0.25, 0.3) is 5.91 Å². The quantitative estimate of drug-likeness (QED) is 0.799. The molecule has 118 valence electrons. The maximum Gasteiger partial charge on any atom is 0.253 e. The second-order valence-corrected chi connectivity index (χ2v) is 4.64. The lowest BCUT2D eigenvalue weighted by Crippen LogP contribution is -2.26. The Morgan fingerprint density at radius 1 is 1.27 bits per heavy atom. The fourth-order valence-corrected chi connectivity index (χ4v) is 1.96. The summed E-state index contributed by atoms with van der Waals surface area (Å²) in [7, 11) is 0. The smallest absolute Gasteiger partial charge is 0.253 e. The number of nitrogens with one attached hydrogen (secondary N) is 2. The van der Waals surface area contributed by atoms with Crippen LogP contribution >= 0.6 is 12.4 Å². The van der Waals surface area contributed by atoms with Crippen LogP contribution in [-0.2, 0) is 11.3 Å². The van der Waals surface area contributed by atoms with E-state index >= 15 is 0 Å². The maximum atomic E-state index is 12.1. The van der Waals surface area contributed by atoms with E-state index in [1.165, 1.54) is 6.92 Å². The summed E-state index contributed by atoms with van der Waals surface area (Å²) >= 11 is 0. The van der Waals surface area contributed by atoms with Crippen LogP contribution in [0.2, 0.25) is 0 Å². The molecular weight excluding hydrogens is 304 g/mol. The predicted octanol–water partition coefficient (Wildman–Crippen LogP) is 2.08. The standard InChI is InChI=1S/C15H18N4O2.ClH/c1-12(20)18-14-6-3-2-5-13(14)15(21)17-7-4-9-19-10-8-16-11-19;/h2-3,5-6,8,10-11H,4,7,9H2,1H3,(H,17,21)(H,18,20);1H. The largest absolute Gasteiger partial charge is 0.352 e. The molecule has 0 unspecified atom stereocenters. The van der Waals surface area contributed by atoms with Crippen LogP contribution in [0.4, 0.5) is 5.69 Å². The summed E-state index contributed by atoms with van der Waals surface area (Å²) in [5.41, 5.74) is 0.993. The Labute approximate surface area is 135 Å². The summed E-state index contributed by atoms with van der Waals surface area (Å²) < 4.78 is 1.96.